The molecule has 0 saturated carbocycles. The van der Waals surface area contributed by atoms with Gasteiger partial charge in [0.25, 0.3) is 0 Å². The van der Waals surface area contributed by atoms with E-state index >= 15 is 0 Å². The molecule has 14 aromatic carbocycles. The van der Waals surface area contributed by atoms with Gasteiger partial charge in [-0.1, -0.05) is 355 Å². The zero-order chi connectivity index (χ0) is 71.5. The Balaban J connectivity index is 0.908. The lowest BCUT2D eigenvalue weighted by Crippen LogP contribution is -2.16. The molecule has 0 heterocycles. The Kier molecular flexibility index (Phi) is 15.6. The smallest absolute Gasteiger partial charge is 0.0616 e. The van der Waals surface area contributed by atoms with Crippen molar-refractivity contribution in [2.24, 2.45) is 0 Å². The SMILES string of the molecule is CC(C)(C)c1ccc(-c2ccc3c(c2)-c2cc(-c4ccc5c(c4)-c4cc(-c6ccc(C(C)(C)C)cc6)ccc4[C]5c4c5ccccc5c(-c5cc(C(C)(C)C)cc(C(C)(C)C)c5)c5ccccc45)ccc2[C]3c2c3ccccc3c(-c3cc(C(C)(C)C)cc(C(C)(C)C)c3)c3ccccc23)cc1. The Bertz CT molecular complexity index is 5180. The first-order valence-electron chi connectivity index (χ1n) is 37.1. The normalized spacial score (nSPS) is 13.7. The van der Waals surface area contributed by atoms with Crippen LogP contribution in [0.2, 0.25) is 0 Å². The molecule has 504 valence electrons. The van der Waals surface area contributed by atoms with Crippen molar-refractivity contribution in [1.82, 2.24) is 0 Å². The minimum Gasteiger partial charge on any atom is -0.0616 e. The van der Waals surface area contributed by atoms with Gasteiger partial charge in [0, 0.05) is 0 Å². The second-order valence-corrected chi connectivity index (χ2v) is 35.7. The van der Waals surface area contributed by atoms with E-state index in [0.717, 1.165) is 0 Å². The van der Waals surface area contributed by atoms with E-state index in [1.54, 1.807) is 0 Å². The second-order valence-electron chi connectivity index (χ2n) is 35.7. The molecule has 0 amide bonds. The maximum atomic E-state index is 2.52. The Labute approximate surface area is 607 Å². The topological polar surface area (TPSA) is 0 Å². The number of hydrogen-bond donors (Lipinski definition) is 0. The maximum Gasteiger partial charge on any atom is 0.0654 e. The van der Waals surface area contributed by atoms with Gasteiger partial charge >= 0.3 is 0 Å². The van der Waals surface area contributed by atoms with Gasteiger partial charge in [-0.3, -0.25) is 0 Å². The molecule has 2 radical (unpaired) electrons. The van der Waals surface area contributed by atoms with E-state index in [1.807, 2.05) is 0 Å². The molecule has 2 aliphatic rings. The van der Waals surface area contributed by atoms with Gasteiger partial charge in [0.2, 0.25) is 0 Å². The predicted molar refractivity (Wildman–Crippen MR) is 441 cm³/mol. The first-order valence-corrected chi connectivity index (χ1v) is 37.1. The van der Waals surface area contributed by atoms with E-state index in [4.69, 9.17) is 0 Å². The number of fused-ring (bicyclic) bond motifs is 10. The van der Waals surface area contributed by atoms with Crippen molar-refractivity contribution < 1.29 is 0 Å². The molecule has 0 heteroatoms. The van der Waals surface area contributed by atoms with Gasteiger partial charge < -0.3 is 0 Å². The molecule has 0 spiro atoms. The van der Waals surface area contributed by atoms with Gasteiger partial charge in [0.1, 0.15) is 0 Å². The quantitative estimate of drug-likeness (QED) is 0.140. The van der Waals surface area contributed by atoms with Crippen LogP contribution >= 0.6 is 0 Å². The highest BCUT2D eigenvalue weighted by Gasteiger charge is 2.38. The highest BCUT2D eigenvalue weighted by molar-refractivity contribution is 6.19. The molecule has 0 unspecified atom stereocenters. The lowest BCUT2D eigenvalue weighted by atomic mass is 9.76. The molecular weight excluding hydrogens is 1230 g/mol. The Morgan fingerprint density at radius 2 is 0.343 bits per heavy atom. The monoisotopic (exact) mass is 1320 g/mol. The van der Waals surface area contributed by atoms with Crippen LogP contribution in [0.4, 0.5) is 0 Å². The second kappa shape index (κ2) is 23.9. The molecule has 0 aliphatic heterocycles. The molecular formula is C102H96. The number of benzene rings is 14. The molecule has 14 aromatic rings. The predicted octanol–water partition coefficient (Wildman–Crippen LogP) is 28.4. The molecule has 0 N–H and O–H groups in total. The Hall–Kier alpha value is -9.88. The van der Waals surface area contributed by atoms with Gasteiger partial charge in [0.05, 0.1) is 11.8 Å². The van der Waals surface area contributed by atoms with E-state index in [1.165, 1.54) is 200 Å². The summed E-state index contributed by atoms with van der Waals surface area (Å²) < 4.78 is 0. The highest BCUT2D eigenvalue weighted by Crippen LogP contribution is 2.57. The molecule has 2 aliphatic carbocycles. The average molecular weight is 1320 g/mol. The standard InChI is InChI=1S/C102H96/c1-97(2,3)69-43-35-61(36-44-69)63-39-47-83-87(55-63)89-57-65(41-49-85(89)95(83)93-79-31-23-19-27-75(79)91(76-28-20-24-32-80(76)93)67-51-71(99(7,8)9)59-72(52-67)100(10,11)12)66-42-50-86-90(58-66)88-56-64(62-37-45-70(46-38-62)98(4,5)6)40-48-84(88)96(86)94-81-33-25-21-29-77(81)92(78-30-22-26-34-82(78)94)68-53-73(101(13,14)15)60-74(54-68)102(16,17)18/h19-60H,1-18H3. The van der Waals surface area contributed by atoms with Crippen LogP contribution in [0.3, 0.4) is 0 Å². The van der Waals surface area contributed by atoms with E-state index in [2.05, 4.69) is 379 Å². The minimum atomic E-state index is -0.0367. The summed E-state index contributed by atoms with van der Waals surface area (Å²) in [5.74, 6) is 2.57. The fourth-order valence-corrected chi connectivity index (χ4v) is 16.5. The molecule has 0 fully saturated rings. The summed E-state index contributed by atoms with van der Waals surface area (Å²) >= 11 is 0. The lowest BCUT2D eigenvalue weighted by Gasteiger charge is -2.27. The van der Waals surface area contributed by atoms with Crippen molar-refractivity contribution in [2.45, 2.75) is 157 Å². The zero-order valence-electron chi connectivity index (χ0n) is 63.2. The van der Waals surface area contributed by atoms with Crippen LogP contribution < -0.4 is 0 Å². The third kappa shape index (κ3) is 11.4. The summed E-state index contributed by atoms with van der Waals surface area (Å²) in [5.41, 5.74) is 33.1. The number of hydrogen-bond acceptors (Lipinski definition) is 0. The van der Waals surface area contributed by atoms with Crippen molar-refractivity contribution in [3.8, 4) is 77.9 Å². The van der Waals surface area contributed by atoms with Crippen molar-refractivity contribution in [2.75, 3.05) is 0 Å². The summed E-state index contributed by atoms with van der Waals surface area (Å²) in [6.07, 6.45) is 0. The summed E-state index contributed by atoms with van der Waals surface area (Å²) in [4.78, 5) is 0. The molecule has 0 atom stereocenters. The highest BCUT2D eigenvalue weighted by atomic mass is 14.4. The summed E-state index contributed by atoms with van der Waals surface area (Å²) in [5, 5.41) is 10.1. The summed E-state index contributed by atoms with van der Waals surface area (Å²) in [7, 11) is 0. The molecule has 16 rings (SSSR count). The first-order chi connectivity index (χ1) is 48.4. The largest absolute Gasteiger partial charge is 0.0654 e. The molecule has 102 heavy (non-hydrogen) atoms. The zero-order valence-corrected chi connectivity index (χ0v) is 63.2. The van der Waals surface area contributed by atoms with Crippen LogP contribution in [0.5, 0.6) is 0 Å². The fraction of sp³-hybridized carbons (Fsp3) is 0.235. The third-order valence-electron chi connectivity index (χ3n) is 22.5. The summed E-state index contributed by atoms with van der Waals surface area (Å²) in [6, 6.07) is 99.8. The molecule has 0 aromatic heterocycles. The van der Waals surface area contributed by atoms with E-state index in [9.17, 15) is 0 Å². The molecule has 0 saturated heterocycles. The van der Waals surface area contributed by atoms with Crippen LogP contribution in [0.15, 0.2) is 255 Å². The average Bonchev–Trinajstić information content (AvgIpc) is 1.51. The van der Waals surface area contributed by atoms with Crippen LogP contribution in [0.25, 0.3) is 121 Å². The van der Waals surface area contributed by atoms with Crippen LogP contribution in [0.1, 0.15) is 191 Å². The van der Waals surface area contributed by atoms with E-state index in [-0.39, 0.29) is 32.5 Å². The van der Waals surface area contributed by atoms with E-state index in [0.29, 0.717) is 0 Å². The van der Waals surface area contributed by atoms with Crippen LogP contribution in [0, 0.1) is 11.8 Å². The third-order valence-corrected chi connectivity index (χ3v) is 22.5. The Morgan fingerprint density at radius 3 is 0.559 bits per heavy atom. The van der Waals surface area contributed by atoms with Gasteiger partial charge in [-0.25, -0.2) is 0 Å². The van der Waals surface area contributed by atoms with E-state index < -0.39 is 0 Å². The number of rotatable bonds is 7. The lowest BCUT2D eigenvalue weighted by molar-refractivity contribution is 0.568. The molecule has 0 nitrogen and oxygen atoms in total. The van der Waals surface area contributed by atoms with Crippen molar-refractivity contribution in [3.63, 3.8) is 0 Å². The molecule has 0 bridgehead atoms. The first kappa shape index (κ1) is 66.7. The van der Waals surface area contributed by atoms with Gasteiger partial charge in [-0.2, -0.15) is 0 Å². The van der Waals surface area contributed by atoms with Crippen molar-refractivity contribution in [1.29, 1.82) is 0 Å². The van der Waals surface area contributed by atoms with Gasteiger partial charge in [-0.15, -0.1) is 0 Å². The van der Waals surface area contributed by atoms with Crippen molar-refractivity contribution in [3.05, 3.63) is 333 Å². The van der Waals surface area contributed by atoms with Crippen LogP contribution in [-0.2, 0) is 32.5 Å². The van der Waals surface area contributed by atoms with Gasteiger partial charge in [-0.05, 0) is 244 Å². The fourth-order valence-electron chi connectivity index (χ4n) is 16.5. The maximum absolute atomic E-state index is 2.52. The van der Waals surface area contributed by atoms with Crippen molar-refractivity contribution >= 4 is 43.1 Å². The van der Waals surface area contributed by atoms with Crippen LogP contribution in [-0.4, -0.2) is 0 Å². The summed E-state index contributed by atoms with van der Waals surface area (Å²) in [6.45, 7) is 42.0. The van der Waals surface area contributed by atoms with Gasteiger partial charge in [0.15, 0.2) is 0 Å². The Morgan fingerprint density at radius 1 is 0.147 bits per heavy atom. The minimum absolute atomic E-state index is 0.0367.